The van der Waals surface area contributed by atoms with Gasteiger partial charge in [-0.25, -0.2) is 9.18 Å². The lowest BCUT2D eigenvalue weighted by Crippen LogP contribution is -2.26. The molecule has 3 aromatic carbocycles. The second-order valence-corrected chi connectivity index (χ2v) is 8.68. The van der Waals surface area contributed by atoms with E-state index in [-0.39, 0.29) is 18.3 Å². The number of fused-ring (bicyclic) bond motifs is 1. The van der Waals surface area contributed by atoms with Crippen LogP contribution in [-0.2, 0) is 6.54 Å². The molecule has 0 unspecified atom stereocenters. The van der Waals surface area contributed by atoms with Crippen LogP contribution in [0.3, 0.4) is 0 Å². The Balaban J connectivity index is 1.31. The van der Waals surface area contributed by atoms with Crippen molar-refractivity contribution >= 4 is 29.0 Å². The van der Waals surface area contributed by atoms with Gasteiger partial charge in [-0.3, -0.25) is 4.79 Å². The van der Waals surface area contributed by atoms with Crippen LogP contribution in [-0.4, -0.2) is 38.2 Å². The van der Waals surface area contributed by atoms with E-state index in [4.69, 9.17) is 9.47 Å². The van der Waals surface area contributed by atoms with Crippen LogP contribution in [0.4, 0.5) is 26.2 Å². The Morgan fingerprint density at radius 2 is 1.69 bits per heavy atom. The number of urea groups is 1. The van der Waals surface area contributed by atoms with Gasteiger partial charge in [0, 0.05) is 37.0 Å². The zero-order chi connectivity index (χ0) is 24.9. The van der Waals surface area contributed by atoms with Gasteiger partial charge in [0.25, 0.3) is 5.91 Å². The van der Waals surface area contributed by atoms with Crippen molar-refractivity contribution in [1.29, 1.82) is 0 Å². The summed E-state index contributed by atoms with van der Waals surface area (Å²) in [6.45, 7) is 2.90. The van der Waals surface area contributed by atoms with Gasteiger partial charge < -0.3 is 30.3 Å². The Hall–Kier alpha value is -4.27. The number of nitrogens with one attached hydrogen (secondary N) is 3. The van der Waals surface area contributed by atoms with Crippen molar-refractivity contribution in [3.8, 4) is 11.5 Å². The van der Waals surface area contributed by atoms with Crippen molar-refractivity contribution in [3.63, 3.8) is 0 Å². The zero-order valence-corrected chi connectivity index (χ0v) is 19.7. The number of nitrogens with zero attached hydrogens (tertiary/aromatic N) is 1. The van der Waals surface area contributed by atoms with Crippen molar-refractivity contribution in [2.24, 2.45) is 0 Å². The Morgan fingerprint density at radius 1 is 0.889 bits per heavy atom. The molecule has 0 aromatic heterocycles. The molecular formula is C27H27FN4O4. The maximum absolute atomic E-state index is 13.4. The Morgan fingerprint density at radius 3 is 2.50 bits per heavy atom. The number of carbonyl (C=O) groups is 2. The average molecular weight is 491 g/mol. The number of carbonyl (C=O) groups excluding carboxylic acids is 2. The molecule has 2 heterocycles. The molecule has 2 aliphatic heterocycles. The van der Waals surface area contributed by atoms with Crippen molar-refractivity contribution in [1.82, 2.24) is 5.32 Å². The van der Waals surface area contributed by atoms with Crippen molar-refractivity contribution in [3.05, 3.63) is 77.6 Å². The van der Waals surface area contributed by atoms with Crippen LogP contribution < -0.4 is 30.3 Å². The van der Waals surface area contributed by atoms with Crippen LogP contribution in [0.15, 0.2) is 60.7 Å². The molecule has 0 aliphatic carbocycles. The molecule has 1 fully saturated rings. The maximum Gasteiger partial charge on any atom is 0.323 e. The number of hydrogen-bond donors (Lipinski definition) is 3. The van der Waals surface area contributed by atoms with Gasteiger partial charge in [0.05, 0.1) is 11.4 Å². The number of hydrogen-bond acceptors (Lipinski definition) is 5. The van der Waals surface area contributed by atoms with E-state index < -0.39 is 6.03 Å². The lowest BCUT2D eigenvalue weighted by atomic mass is 10.1. The monoisotopic (exact) mass is 490 g/mol. The molecule has 0 atom stereocenters. The normalized spacial score (nSPS) is 14.3. The Labute approximate surface area is 208 Å². The lowest BCUT2D eigenvalue weighted by Gasteiger charge is -2.23. The number of amides is 3. The molecule has 5 rings (SSSR count). The third-order valence-corrected chi connectivity index (χ3v) is 6.10. The van der Waals surface area contributed by atoms with E-state index >= 15 is 0 Å². The highest BCUT2D eigenvalue weighted by molar-refractivity contribution is 6.04. The third kappa shape index (κ3) is 5.51. The predicted octanol–water partition coefficient (Wildman–Crippen LogP) is 4.77. The number of benzene rings is 3. The van der Waals surface area contributed by atoms with Crippen molar-refractivity contribution in [2.75, 3.05) is 41.8 Å². The summed E-state index contributed by atoms with van der Waals surface area (Å²) < 4.78 is 24.6. The molecule has 8 nitrogen and oxygen atoms in total. The fourth-order valence-electron chi connectivity index (χ4n) is 4.35. The minimum atomic E-state index is -0.440. The quantitative estimate of drug-likeness (QED) is 0.463. The first-order chi connectivity index (χ1) is 17.5. The van der Waals surface area contributed by atoms with Crippen molar-refractivity contribution in [2.45, 2.75) is 19.4 Å². The SMILES string of the molecule is O=C(Nc1ccc2c(c1)OCCO2)Nc1cc(C(=O)NCc2cccc(F)c2)ccc1N1CCCC1. The molecule has 2 aliphatic rings. The highest BCUT2D eigenvalue weighted by atomic mass is 19.1. The van der Waals surface area contributed by atoms with Crippen molar-refractivity contribution < 1.29 is 23.5 Å². The molecule has 3 amide bonds. The molecule has 3 aromatic rings. The van der Waals surface area contributed by atoms with Crippen LogP contribution in [0.25, 0.3) is 0 Å². The molecule has 0 radical (unpaired) electrons. The minimum Gasteiger partial charge on any atom is -0.486 e. The summed E-state index contributed by atoms with van der Waals surface area (Å²) >= 11 is 0. The summed E-state index contributed by atoms with van der Waals surface area (Å²) in [5.74, 6) is 0.545. The average Bonchev–Trinajstić information content (AvgIpc) is 3.42. The Kier molecular flexibility index (Phi) is 6.88. The minimum absolute atomic E-state index is 0.192. The van der Waals surface area contributed by atoms with Gasteiger partial charge in [-0.1, -0.05) is 12.1 Å². The van der Waals surface area contributed by atoms with Gasteiger partial charge in [-0.2, -0.15) is 0 Å². The summed E-state index contributed by atoms with van der Waals surface area (Å²) in [6.07, 6.45) is 2.14. The Bertz CT molecular complexity index is 1280. The van der Waals surface area contributed by atoms with Crippen LogP contribution in [0.5, 0.6) is 11.5 Å². The largest absolute Gasteiger partial charge is 0.486 e. The van der Waals surface area contributed by atoms with E-state index in [0.717, 1.165) is 31.6 Å². The second kappa shape index (κ2) is 10.6. The van der Waals surface area contributed by atoms with E-state index in [9.17, 15) is 14.0 Å². The number of halogens is 1. The number of rotatable bonds is 6. The molecule has 3 N–H and O–H groups in total. The zero-order valence-electron chi connectivity index (χ0n) is 19.7. The van der Waals surface area contributed by atoms with E-state index in [1.807, 2.05) is 6.07 Å². The van der Waals surface area contributed by atoms with Crippen LogP contribution in [0.2, 0.25) is 0 Å². The highest BCUT2D eigenvalue weighted by Crippen LogP contribution is 2.33. The van der Waals surface area contributed by atoms with Gasteiger partial charge >= 0.3 is 6.03 Å². The molecule has 186 valence electrons. The molecule has 9 heteroatoms. The maximum atomic E-state index is 13.4. The van der Waals surface area contributed by atoms with Gasteiger partial charge in [-0.15, -0.1) is 0 Å². The summed E-state index contributed by atoms with van der Waals surface area (Å²) in [6, 6.07) is 16.1. The van der Waals surface area contributed by atoms with E-state index in [0.29, 0.717) is 47.2 Å². The molecule has 0 bridgehead atoms. The standard InChI is InChI=1S/C27H27FN4O4/c28-20-5-3-4-18(14-20)17-29-26(33)19-6-8-23(32-10-1-2-11-32)22(15-19)31-27(34)30-21-7-9-24-25(16-21)36-13-12-35-24/h3-9,14-16H,1-2,10-13,17H2,(H,29,33)(H2,30,31,34). The fraction of sp³-hybridized carbons (Fsp3) is 0.259. The molecule has 36 heavy (non-hydrogen) atoms. The van der Waals surface area contributed by atoms with E-state index in [2.05, 4.69) is 20.9 Å². The smallest absolute Gasteiger partial charge is 0.323 e. The van der Waals surface area contributed by atoms with Crippen LogP contribution >= 0.6 is 0 Å². The first-order valence-corrected chi connectivity index (χ1v) is 11.9. The van der Waals surface area contributed by atoms with Crippen LogP contribution in [0.1, 0.15) is 28.8 Å². The fourth-order valence-corrected chi connectivity index (χ4v) is 4.35. The van der Waals surface area contributed by atoms with Gasteiger partial charge in [0.15, 0.2) is 11.5 Å². The number of anilines is 3. The van der Waals surface area contributed by atoms with Gasteiger partial charge in [-0.05, 0) is 60.9 Å². The molecule has 0 saturated carbocycles. The highest BCUT2D eigenvalue weighted by Gasteiger charge is 2.20. The predicted molar refractivity (Wildman–Crippen MR) is 136 cm³/mol. The summed E-state index contributed by atoms with van der Waals surface area (Å²) in [7, 11) is 0. The van der Waals surface area contributed by atoms with E-state index in [1.54, 1.807) is 42.5 Å². The van der Waals surface area contributed by atoms with Crippen LogP contribution in [0, 0.1) is 5.82 Å². The first kappa shape index (κ1) is 23.5. The first-order valence-electron chi connectivity index (χ1n) is 11.9. The molecule has 1 saturated heterocycles. The third-order valence-electron chi connectivity index (χ3n) is 6.10. The van der Waals surface area contributed by atoms with Gasteiger partial charge in [0.2, 0.25) is 0 Å². The molecule has 0 spiro atoms. The topological polar surface area (TPSA) is 91.9 Å². The second-order valence-electron chi connectivity index (χ2n) is 8.68. The summed E-state index contributed by atoms with van der Waals surface area (Å²) in [4.78, 5) is 27.9. The summed E-state index contributed by atoms with van der Waals surface area (Å²) in [5, 5.41) is 8.53. The molecular weight excluding hydrogens is 463 g/mol. The lowest BCUT2D eigenvalue weighted by molar-refractivity contribution is 0.0951. The summed E-state index contributed by atoms with van der Waals surface area (Å²) in [5.41, 5.74) is 3.00. The number of ether oxygens (including phenoxy) is 2. The van der Waals surface area contributed by atoms with Gasteiger partial charge in [0.1, 0.15) is 19.0 Å². The van der Waals surface area contributed by atoms with E-state index in [1.165, 1.54) is 12.1 Å².